The summed E-state index contributed by atoms with van der Waals surface area (Å²) >= 11 is 0. The zero-order valence-electron chi connectivity index (χ0n) is 9.97. The minimum Gasteiger partial charge on any atom is -0.481 e. The van der Waals surface area contributed by atoms with Crippen LogP contribution in [-0.4, -0.2) is 36.2 Å². The van der Waals surface area contributed by atoms with Gasteiger partial charge in [-0.15, -0.1) is 0 Å². The molecule has 0 amide bonds. The van der Waals surface area contributed by atoms with E-state index in [9.17, 15) is 4.79 Å². The number of hydrogen-bond acceptors (Lipinski definition) is 3. The highest BCUT2D eigenvalue weighted by Crippen LogP contribution is 2.20. The molecule has 4 nitrogen and oxygen atoms in total. The number of nitrogens with one attached hydrogen (secondary N) is 1. The van der Waals surface area contributed by atoms with Crippen molar-refractivity contribution in [1.82, 2.24) is 5.32 Å². The van der Waals surface area contributed by atoms with E-state index in [0.717, 1.165) is 18.8 Å². The van der Waals surface area contributed by atoms with Crippen LogP contribution in [0.15, 0.2) is 30.3 Å². The van der Waals surface area contributed by atoms with Crippen LogP contribution >= 0.6 is 0 Å². The molecule has 1 aromatic carbocycles. The van der Waals surface area contributed by atoms with Gasteiger partial charge in [-0.25, -0.2) is 0 Å². The summed E-state index contributed by atoms with van der Waals surface area (Å²) in [7, 11) is 0. The lowest BCUT2D eigenvalue weighted by Crippen LogP contribution is -2.56. The van der Waals surface area contributed by atoms with Crippen molar-refractivity contribution in [3.05, 3.63) is 30.3 Å². The lowest BCUT2D eigenvalue weighted by molar-refractivity contribution is -0.137. The van der Waals surface area contributed by atoms with Crippen LogP contribution < -0.4 is 10.2 Å². The maximum absolute atomic E-state index is 10.9. The van der Waals surface area contributed by atoms with Crippen molar-refractivity contribution in [2.75, 3.05) is 18.0 Å². The first-order valence-electron chi connectivity index (χ1n) is 5.93. The molecule has 92 valence electrons. The highest BCUT2D eigenvalue weighted by Gasteiger charge is 2.27. The largest absolute Gasteiger partial charge is 0.481 e. The third kappa shape index (κ3) is 2.97. The molecule has 1 aliphatic heterocycles. The molecule has 0 radical (unpaired) electrons. The number of piperazine rings is 1. The van der Waals surface area contributed by atoms with E-state index in [1.165, 1.54) is 0 Å². The zero-order valence-corrected chi connectivity index (χ0v) is 9.97. The topological polar surface area (TPSA) is 52.6 Å². The summed E-state index contributed by atoms with van der Waals surface area (Å²) < 4.78 is 0. The molecule has 0 bridgehead atoms. The fourth-order valence-corrected chi connectivity index (χ4v) is 2.28. The Morgan fingerprint density at radius 3 is 2.82 bits per heavy atom. The van der Waals surface area contributed by atoms with E-state index < -0.39 is 5.97 Å². The Balaban J connectivity index is 2.17. The van der Waals surface area contributed by atoms with Crippen LogP contribution in [0.5, 0.6) is 0 Å². The lowest BCUT2D eigenvalue weighted by atomic mass is 10.1. The van der Waals surface area contributed by atoms with Crippen molar-refractivity contribution < 1.29 is 9.90 Å². The highest BCUT2D eigenvalue weighted by atomic mass is 16.4. The Hall–Kier alpha value is -1.55. The number of carboxylic acids is 1. The van der Waals surface area contributed by atoms with Gasteiger partial charge in [0.25, 0.3) is 0 Å². The number of hydrogen-bond donors (Lipinski definition) is 2. The van der Waals surface area contributed by atoms with Gasteiger partial charge < -0.3 is 15.3 Å². The van der Waals surface area contributed by atoms with Crippen molar-refractivity contribution >= 4 is 11.7 Å². The number of nitrogens with zero attached hydrogens (tertiary/aromatic N) is 1. The van der Waals surface area contributed by atoms with Crippen LogP contribution in [0.3, 0.4) is 0 Å². The van der Waals surface area contributed by atoms with Crippen molar-refractivity contribution in [2.45, 2.75) is 25.4 Å². The smallest absolute Gasteiger partial charge is 0.305 e. The van der Waals surface area contributed by atoms with E-state index in [0.29, 0.717) is 6.04 Å². The molecule has 1 fully saturated rings. The molecule has 2 N–H and O–H groups in total. The van der Waals surface area contributed by atoms with Crippen molar-refractivity contribution in [2.24, 2.45) is 0 Å². The van der Waals surface area contributed by atoms with Gasteiger partial charge in [0.2, 0.25) is 0 Å². The van der Waals surface area contributed by atoms with Gasteiger partial charge in [0.05, 0.1) is 12.5 Å². The molecule has 2 atom stereocenters. The monoisotopic (exact) mass is 234 g/mol. The normalized spacial score (nSPS) is 24.6. The molecule has 0 aliphatic carbocycles. The predicted molar refractivity (Wildman–Crippen MR) is 67.3 cm³/mol. The Kier molecular flexibility index (Phi) is 3.64. The maximum Gasteiger partial charge on any atom is 0.305 e. The van der Waals surface area contributed by atoms with Crippen LogP contribution in [0.4, 0.5) is 5.69 Å². The summed E-state index contributed by atoms with van der Waals surface area (Å²) in [6.07, 6.45) is 0.175. The fourth-order valence-electron chi connectivity index (χ4n) is 2.28. The van der Waals surface area contributed by atoms with Gasteiger partial charge in [0.1, 0.15) is 0 Å². The minimum absolute atomic E-state index is 0.0334. The second-order valence-corrected chi connectivity index (χ2v) is 4.55. The van der Waals surface area contributed by atoms with Crippen LogP contribution in [-0.2, 0) is 4.79 Å². The number of carbonyl (C=O) groups is 1. The summed E-state index contributed by atoms with van der Waals surface area (Å²) in [5, 5.41) is 12.3. The number of aliphatic carboxylic acids is 1. The summed E-state index contributed by atoms with van der Waals surface area (Å²) in [6, 6.07) is 10.4. The number of rotatable bonds is 3. The highest BCUT2D eigenvalue weighted by molar-refractivity contribution is 5.68. The Morgan fingerprint density at radius 2 is 2.18 bits per heavy atom. The van der Waals surface area contributed by atoms with E-state index in [2.05, 4.69) is 17.1 Å². The summed E-state index contributed by atoms with van der Waals surface area (Å²) in [6.45, 7) is 3.69. The molecule has 4 heteroatoms. The van der Waals surface area contributed by atoms with Gasteiger partial charge in [-0.1, -0.05) is 18.2 Å². The third-order valence-electron chi connectivity index (χ3n) is 3.11. The van der Waals surface area contributed by atoms with Crippen LogP contribution in [0.1, 0.15) is 13.3 Å². The third-order valence-corrected chi connectivity index (χ3v) is 3.11. The SMILES string of the molecule is CC1CN(c2ccccc2)C(CC(=O)O)CN1. The molecule has 2 unspecified atom stereocenters. The van der Waals surface area contributed by atoms with Gasteiger partial charge in [0, 0.05) is 24.8 Å². The van der Waals surface area contributed by atoms with Gasteiger partial charge in [-0.3, -0.25) is 4.79 Å². The number of carboxylic acid groups (broad SMARTS) is 1. The van der Waals surface area contributed by atoms with E-state index in [-0.39, 0.29) is 12.5 Å². The van der Waals surface area contributed by atoms with Crippen molar-refractivity contribution in [3.63, 3.8) is 0 Å². The zero-order chi connectivity index (χ0) is 12.3. The first kappa shape index (κ1) is 11.9. The van der Waals surface area contributed by atoms with Crippen molar-refractivity contribution in [1.29, 1.82) is 0 Å². The molecule has 2 rings (SSSR count). The second kappa shape index (κ2) is 5.19. The molecule has 0 spiro atoms. The molecule has 0 saturated carbocycles. The van der Waals surface area contributed by atoms with Gasteiger partial charge >= 0.3 is 5.97 Å². The average molecular weight is 234 g/mol. The first-order valence-corrected chi connectivity index (χ1v) is 5.93. The van der Waals surface area contributed by atoms with E-state index in [1.807, 2.05) is 30.3 Å². The van der Waals surface area contributed by atoms with Gasteiger partial charge in [-0.2, -0.15) is 0 Å². The molecule has 1 heterocycles. The number of para-hydroxylation sites is 1. The molecule has 1 aromatic rings. The molecule has 1 saturated heterocycles. The quantitative estimate of drug-likeness (QED) is 0.828. The summed E-state index contributed by atoms with van der Waals surface area (Å²) in [5.41, 5.74) is 1.10. The number of benzene rings is 1. The van der Waals surface area contributed by atoms with Crippen LogP contribution in [0.2, 0.25) is 0 Å². The van der Waals surface area contributed by atoms with Crippen molar-refractivity contribution in [3.8, 4) is 0 Å². The lowest BCUT2D eigenvalue weighted by Gasteiger charge is -2.40. The number of anilines is 1. The standard InChI is InChI=1S/C13H18N2O2/c1-10-9-15(11-5-3-2-4-6-11)12(8-14-10)7-13(16)17/h2-6,10,12,14H,7-9H2,1H3,(H,16,17). The first-order chi connectivity index (χ1) is 8.16. The Labute approximate surface area is 101 Å². The molecular weight excluding hydrogens is 216 g/mol. The van der Waals surface area contributed by atoms with E-state index in [1.54, 1.807) is 0 Å². The van der Waals surface area contributed by atoms with E-state index >= 15 is 0 Å². The minimum atomic E-state index is -0.743. The van der Waals surface area contributed by atoms with Gasteiger partial charge in [-0.05, 0) is 19.1 Å². The van der Waals surface area contributed by atoms with Gasteiger partial charge in [0.15, 0.2) is 0 Å². The van der Waals surface area contributed by atoms with Crippen LogP contribution in [0, 0.1) is 0 Å². The molecular formula is C13H18N2O2. The predicted octanol–water partition coefficient (Wildman–Crippen LogP) is 1.33. The Morgan fingerprint density at radius 1 is 1.47 bits per heavy atom. The summed E-state index contributed by atoms with van der Waals surface area (Å²) in [5.74, 6) is -0.743. The molecule has 0 aromatic heterocycles. The maximum atomic E-state index is 10.9. The van der Waals surface area contributed by atoms with Crippen LogP contribution in [0.25, 0.3) is 0 Å². The molecule has 17 heavy (non-hydrogen) atoms. The summed E-state index contributed by atoms with van der Waals surface area (Å²) in [4.78, 5) is 13.1. The van der Waals surface area contributed by atoms with E-state index in [4.69, 9.17) is 5.11 Å². The second-order valence-electron chi connectivity index (χ2n) is 4.55. The Bertz CT molecular complexity index is 380. The fraction of sp³-hybridized carbons (Fsp3) is 0.462. The average Bonchev–Trinajstić information content (AvgIpc) is 2.32. The molecule has 1 aliphatic rings.